The van der Waals surface area contributed by atoms with Crippen molar-refractivity contribution in [3.8, 4) is 0 Å². The summed E-state index contributed by atoms with van der Waals surface area (Å²) in [5.74, 6) is -1.03. The maximum atomic E-state index is 13.3. The number of benzene rings is 3. The van der Waals surface area contributed by atoms with Crippen molar-refractivity contribution in [3.63, 3.8) is 0 Å². The fourth-order valence-corrected chi connectivity index (χ4v) is 6.29. The zero-order chi connectivity index (χ0) is 32.2. The van der Waals surface area contributed by atoms with E-state index in [2.05, 4.69) is 17.1 Å². The van der Waals surface area contributed by atoms with E-state index < -0.39 is 30.2 Å². The van der Waals surface area contributed by atoms with Crippen molar-refractivity contribution in [2.45, 2.75) is 63.6 Å². The number of ether oxygens (including phenoxy) is 3. The number of aliphatic hydroxyl groups excluding tert-OH is 2. The van der Waals surface area contributed by atoms with Gasteiger partial charge in [-0.1, -0.05) is 73.7 Å². The minimum Gasteiger partial charge on any atom is -0.445 e. The van der Waals surface area contributed by atoms with Crippen molar-refractivity contribution in [1.82, 2.24) is 10.2 Å². The molecule has 3 aliphatic rings. The number of anilines is 1. The number of imide groups is 1. The molecule has 0 aromatic heterocycles. The molecular formula is C35H39N3O8. The summed E-state index contributed by atoms with van der Waals surface area (Å²) in [6.07, 6.45) is -1.98. The molecule has 0 aliphatic carbocycles. The molecule has 242 valence electrons. The van der Waals surface area contributed by atoms with Crippen molar-refractivity contribution in [1.29, 1.82) is 0 Å². The summed E-state index contributed by atoms with van der Waals surface area (Å²) in [6.45, 7) is 4.03. The smallest absolute Gasteiger partial charge is 0.408 e. The summed E-state index contributed by atoms with van der Waals surface area (Å²) in [4.78, 5) is 42.1. The number of β-amino-alcohol motifs (C(OH)–C–C–N with tert-alkyl or cyclic N) is 1. The van der Waals surface area contributed by atoms with Crippen LogP contribution >= 0.6 is 0 Å². The van der Waals surface area contributed by atoms with Crippen molar-refractivity contribution in [2.24, 2.45) is 5.92 Å². The predicted octanol–water partition coefficient (Wildman–Crippen LogP) is 3.60. The van der Waals surface area contributed by atoms with Gasteiger partial charge in [0.15, 0.2) is 6.29 Å². The van der Waals surface area contributed by atoms with E-state index in [4.69, 9.17) is 14.2 Å². The fourth-order valence-electron chi connectivity index (χ4n) is 6.29. The Hall–Kier alpha value is -4.13. The van der Waals surface area contributed by atoms with E-state index in [9.17, 15) is 24.6 Å². The van der Waals surface area contributed by atoms with Crippen LogP contribution in [0.15, 0.2) is 78.9 Å². The van der Waals surface area contributed by atoms with E-state index in [1.807, 2.05) is 60.7 Å². The van der Waals surface area contributed by atoms with Gasteiger partial charge in [-0.15, -0.1) is 0 Å². The topological polar surface area (TPSA) is 138 Å². The van der Waals surface area contributed by atoms with Gasteiger partial charge in [-0.2, -0.15) is 0 Å². The average Bonchev–Trinajstić information content (AvgIpc) is 3.61. The Morgan fingerprint density at radius 2 is 1.76 bits per heavy atom. The highest BCUT2D eigenvalue weighted by Crippen LogP contribution is 2.42. The van der Waals surface area contributed by atoms with Gasteiger partial charge in [-0.05, 0) is 35.2 Å². The third-order valence-corrected chi connectivity index (χ3v) is 8.86. The molecule has 0 spiro atoms. The molecule has 3 saturated heterocycles. The first-order valence-electron chi connectivity index (χ1n) is 15.6. The maximum Gasteiger partial charge on any atom is 0.408 e. The molecule has 3 aromatic carbocycles. The Labute approximate surface area is 267 Å². The first kappa shape index (κ1) is 31.8. The number of aliphatic hydroxyl groups is 2. The highest BCUT2D eigenvalue weighted by Gasteiger charge is 2.42. The van der Waals surface area contributed by atoms with Gasteiger partial charge in [-0.25, -0.2) is 9.69 Å². The maximum absolute atomic E-state index is 13.3. The Morgan fingerprint density at radius 3 is 2.48 bits per heavy atom. The van der Waals surface area contributed by atoms with Crippen LogP contribution < -0.4 is 10.2 Å². The second kappa shape index (κ2) is 14.1. The average molecular weight is 630 g/mol. The summed E-state index contributed by atoms with van der Waals surface area (Å²) in [5.41, 5.74) is 3.53. The molecule has 6 atom stereocenters. The molecule has 3 N–H and O–H groups in total. The highest BCUT2D eigenvalue weighted by molar-refractivity contribution is 6.22. The van der Waals surface area contributed by atoms with Gasteiger partial charge >= 0.3 is 6.09 Å². The number of nitrogens with zero attached hydrogens (tertiary/aromatic N) is 2. The van der Waals surface area contributed by atoms with Crippen LogP contribution in [0, 0.1) is 5.92 Å². The van der Waals surface area contributed by atoms with Crippen LogP contribution in [0.5, 0.6) is 0 Å². The molecule has 11 nitrogen and oxygen atoms in total. The second-order valence-electron chi connectivity index (χ2n) is 12.1. The van der Waals surface area contributed by atoms with Gasteiger partial charge in [0.05, 0.1) is 37.0 Å². The summed E-state index contributed by atoms with van der Waals surface area (Å²) in [6, 6.07) is 22.7. The van der Waals surface area contributed by atoms with Gasteiger partial charge in [0, 0.05) is 31.1 Å². The molecule has 46 heavy (non-hydrogen) atoms. The molecule has 3 heterocycles. The molecule has 3 aromatic rings. The lowest BCUT2D eigenvalue weighted by Gasteiger charge is -2.42. The molecule has 3 aliphatic heterocycles. The number of nitrogens with one attached hydrogen (secondary N) is 1. The number of hydrogen-bond donors (Lipinski definition) is 3. The van der Waals surface area contributed by atoms with Gasteiger partial charge in [0.2, 0.25) is 5.91 Å². The lowest BCUT2D eigenvalue weighted by atomic mass is 9.90. The van der Waals surface area contributed by atoms with Crippen LogP contribution in [0.2, 0.25) is 0 Å². The van der Waals surface area contributed by atoms with E-state index >= 15 is 0 Å². The van der Waals surface area contributed by atoms with Gasteiger partial charge in [-0.3, -0.25) is 14.5 Å². The number of carbonyl (C=O) groups is 3. The Morgan fingerprint density at radius 1 is 0.978 bits per heavy atom. The fraction of sp³-hybridized carbons (Fsp3) is 0.400. The number of hydrogen-bond acceptors (Lipinski definition) is 9. The standard InChI is InChI=1S/C35H39N3O8/c1-22-30(19-37-15-14-28(40)18-37)45-34(46-32(22)25-12-10-23(20-39)11-13-25)26-8-5-9-27(16-26)38-31(41)17-29(33(38)42)36-35(43)44-21-24-6-3-2-4-7-24/h2-13,16,22,28-30,32,34,39-40H,14-15,17-21H2,1H3,(H,36,43)/t22-,28-,29?,30+,32+,34+/m0/s1. The summed E-state index contributed by atoms with van der Waals surface area (Å²) < 4.78 is 18.3. The third-order valence-electron chi connectivity index (χ3n) is 8.86. The van der Waals surface area contributed by atoms with Crippen molar-refractivity contribution in [2.75, 3.05) is 24.5 Å². The lowest BCUT2D eigenvalue weighted by Crippen LogP contribution is -2.44. The van der Waals surface area contributed by atoms with Crippen LogP contribution in [-0.2, 0) is 37.0 Å². The molecule has 0 saturated carbocycles. The van der Waals surface area contributed by atoms with Gasteiger partial charge < -0.3 is 29.7 Å². The Balaban J connectivity index is 1.18. The molecule has 0 bridgehead atoms. The van der Waals surface area contributed by atoms with Crippen molar-refractivity contribution < 1.29 is 38.8 Å². The third kappa shape index (κ3) is 7.14. The largest absolute Gasteiger partial charge is 0.445 e. The molecule has 3 amide bonds. The number of alkyl carbamates (subject to hydrolysis) is 1. The van der Waals surface area contributed by atoms with Gasteiger partial charge in [0.25, 0.3) is 5.91 Å². The molecule has 1 unspecified atom stereocenters. The summed E-state index contributed by atoms with van der Waals surface area (Å²) >= 11 is 0. The van der Waals surface area contributed by atoms with Crippen molar-refractivity contribution in [3.05, 3.63) is 101 Å². The lowest BCUT2D eigenvalue weighted by molar-refractivity contribution is -0.276. The quantitative estimate of drug-likeness (QED) is 0.303. The molecular weight excluding hydrogens is 590 g/mol. The highest BCUT2D eigenvalue weighted by atomic mass is 16.7. The number of amides is 3. The first-order valence-corrected chi connectivity index (χ1v) is 15.6. The van der Waals surface area contributed by atoms with E-state index in [1.165, 1.54) is 0 Å². The predicted molar refractivity (Wildman–Crippen MR) is 167 cm³/mol. The molecule has 11 heteroatoms. The van der Waals surface area contributed by atoms with E-state index in [1.54, 1.807) is 18.2 Å². The molecule has 6 rings (SSSR count). The SMILES string of the molecule is C[C@H]1[C@@H](CN2CC[C@H](O)C2)O[C@@H](c2cccc(N3C(=O)CC(NC(=O)OCc4ccccc4)C3=O)c2)O[C@H]1c1ccc(CO)cc1. The van der Waals surface area contributed by atoms with E-state index in [0.717, 1.165) is 28.1 Å². The summed E-state index contributed by atoms with van der Waals surface area (Å²) in [7, 11) is 0. The second-order valence-corrected chi connectivity index (χ2v) is 12.1. The molecule has 3 fully saturated rings. The molecule has 0 radical (unpaired) electrons. The van der Waals surface area contributed by atoms with E-state index in [0.29, 0.717) is 30.8 Å². The minimum atomic E-state index is -1.05. The Kier molecular flexibility index (Phi) is 9.76. The van der Waals surface area contributed by atoms with Crippen LogP contribution in [0.1, 0.15) is 54.4 Å². The number of rotatable bonds is 9. The zero-order valence-electron chi connectivity index (χ0n) is 25.7. The van der Waals surface area contributed by atoms with E-state index in [-0.39, 0.29) is 43.9 Å². The number of carbonyl (C=O) groups excluding carboxylic acids is 3. The van der Waals surface area contributed by atoms with Crippen LogP contribution in [-0.4, -0.2) is 70.9 Å². The van der Waals surface area contributed by atoms with Crippen LogP contribution in [0.4, 0.5) is 10.5 Å². The van der Waals surface area contributed by atoms with Crippen molar-refractivity contribution >= 4 is 23.6 Å². The Bertz CT molecular complexity index is 1530. The van der Waals surface area contributed by atoms with Crippen LogP contribution in [0.25, 0.3) is 0 Å². The number of likely N-dealkylation sites (tertiary alicyclic amines) is 1. The first-order chi connectivity index (χ1) is 22.3. The minimum absolute atomic E-state index is 0.0348. The van der Waals surface area contributed by atoms with Gasteiger partial charge in [0.1, 0.15) is 12.6 Å². The summed E-state index contributed by atoms with van der Waals surface area (Å²) in [5, 5.41) is 22.2. The monoisotopic (exact) mass is 629 g/mol. The zero-order valence-corrected chi connectivity index (χ0v) is 25.7. The normalized spacial score (nSPS) is 26.8. The van der Waals surface area contributed by atoms with Crippen LogP contribution in [0.3, 0.4) is 0 Å².